The molecule has 0 radical (unpaired) electrons. The highest BCUT2D eigenvalue weighted by atomic mass is 14.5. The lowest BCUT2D eigenvalue weighted by molar-refractivity contribution is 0.0742. The topological polar surface area (TPSA) is 0 Å². The highest BCUT2D eigenvalue weighted by Crippen LogP contribution is 2.53. The molecule has 0 aliphatic heterocycles. The van der Waals surface area contributed by atoms with Gasteiger partial charge in [-0.05, 0) is 47.8 Å². The Labute approximate surface area is 128 Å². The van der Waals surface area contributed by atoms with E-state index in [0.717, 1.165) is 17.8 Å². The van der Waals surface area contributed by atoms with Crippen LogP contribution in [0, 0.1) is 28.6 Å². The van der Waals surface area contributed by atoms with E-state index >= 15 is 0 Å². The van der Waals surface area contributed by atoms with Crippen molar-refractivity contribution in [1.29, 1.82) is 0 Å². The third-order valence-electron chi connectivity index (χ3n) is 6.88. The molecule has 0 aromatic rings. The van der Waals surface area contributed by atoms with Crippen molar-refractivity contribution in [2.75, 3.05) is 0 Å². The zero-order chi connectivity index (χ0) is 14.8. The molecule has 2 saturated carbocycles. The van der Waals surface area contributed by atoms with E-state index in [4.69, 9.17) is 0 Å². The van der Waals surface area contributed by atoms with Gasteiger partial charge in [0.2, 0.25) is 0 Å². The quantitative estimate of drug-likeness (QED) is 0.461. The molecular formula is C20H38. The van der Waals surface area contributed by atoms with Crippen LogP contribution < -0.4 is 0 Å². The van der Waals surface area contributed by atoms with Crippen molar-refractivity contribution in [1.82, 2.24) is 0 Å². The molecular weight excluding hydrogens is 240 g/mol. The van der Waals surface area contributed by atoms with Gasteiger partial charge in [0, 0.05) is 0 Å². The summed E-state index contributed by atoms with van der Waals surface area (Å²) in [5.41, 5.74) is 1.07. The maximum absolute atomic E-state index is 2.58. The lowest BCUT2D eigenvalue weighted by Crippen LogP contribution is -2.33. The zero-order valence-corrected chi connectivity index (χ0v) is 14.8. The number of hydrogen-bond acceptors (Lipinski definition) is 0. The molecule has 2 aliphatic rings. The summed E-state index contributed by atoms with van der Waals surface area (Å²) in [5, 5.41) is 0. The van der Waals surface area contributed by atoms with Gasteiger partial charge in [0.25, 0.3) is 0 Å². The van der Waals surface area contributed by atoms with E-state index in [2.05, 4.69) is 34.6 Å². The standard InChI is InChI=1S/C20H38/c1-16-13-14-18(20(4,5)15-19(16,2)3)17-11-9-7-6-8-10-12-17/h16-18H,6-15H2,1-5H3. The second-order valence-corrected chi connectivity index (χ2v) is 9.34. The van der Waals surface area contributed by atoms with Gasteiger partial charge in [-0.2, -0.15) is 0 Å². The minimum atomic E-state index is 0.528. The van der Waals surface area contributed by atoms with Crippen molar-refractivity contribution < 1.29 is 0 Å². The third-order valence-corrected chi connectivity index (χ3v) is 6.88. The van der Waals surface area contributed by atoms with E-state index in [9.17, 15) is 0 Å². The van der Waals surface area contributed by atoms with Crippen LogP contribution in [0.5, 0.6) is 0 Å². The smallest absolute Gasteiger partial charge is 0.0318 e. The van der Waals surface area contributed by atoms with Gasteiger partial charge in [0.05, 0.1) is 0 Å². The Hall–Kier alpha value is 0. The molecule has 0 bridgehead atoms. The van der Waals surface area contributed by atoms with Crippen molar-refractivity contribution in [2.45, 2.75) is 98.8 Å². The molecule has 2 unspecified atom stereocenters. The SMILES string of the molecule is CC1CCC(C2CCCCCCC2)C(C)(C)CC1(C)C. The molecule has 0 heteroatoms. The van der Waals surface area contributed by atoms with Crippen LogP contribution in [0.15, 0.2) is 0 Å². The molecule has 118 valence electrons. The summed E-state index contributed by atoms with van der Waals surface area (Å²) in [6.07, 6.45) is 14.9. The van der Waals surface area contributed by atoms with E-state index in [1.165, 1.54) is 64.2 Å². The Bertz CT molecular complexity index is 291. The summed E-state index contributed by atoms with van der Waals surface area (Å²) in [5.74, 6) is 2.89. The summed E-state index contributed by atoms with van der Waals surface area (Å²) in [6.45, 7) is 12.7. The van der Waals surface area contributed by atoms with Crippen LogP contribution in [0.2, 0.25) is 0 Å². The highest BCUT2D eigenvalue weighted by Gasteiger charge is 2.43. The second kappa shape index (κ2) is 6.41. The normalized spacial score (nSPS) is 35.9. The largest absolute Gasteiger partial charge is 0.0620 e. The lowest BCUT2D eigenvalue weighted by Gasteiger charge is -2.42. The molecule has 0 N–H and O–H groups in total. The minimum absolute atomic E-state index is 0.528. The van der Waals surface area contributed by atoms with E-state index in [1.807, 2.05) is 0 Å². The molecule has 0 saturated heterocycles. The summed E-state index contributed by atoms with van der Waals surface area (Å²) < 4.78 is 0. The Kier molecular flexibility index (Phi) is 5.24. The van der Waals surface area contributed by atoms with E-state index in [1.54, 1.807) is 0 Å². The first-order chi connectivity index (χ1) is 9.33. The van der Waals surface area contributed by atoms with Crippen LogP contribution in [-0.4, -0.2) is 0 Å². The van der Waals surface area contributed by atoms with Gasteiger partial charge < -0.3 is 0 Å². The van der Waals surface area contributed by atoms with Gasteiger partial charge in [-0.3, -0.25) is 0 Å². The predicted octanol–water partition coefficient (Wildman–Crippen LogP) is 6.84. The Balaban J connectivity index is 2.12. The first-order valence-electron chi connectivity index (χ1n) is 9.33. The van der Waals surface area contributed by atoms with Gasteiger partial charge in [-0.1, -0.05) is 79.6 Å². The Morgan fingerprint density at radius 2 is 1.20 bits per heavy atom. The molecule has 0 nitrogen and oxygen atoms in total. The maximum atomic E-state index is 2.58. The van der Waals surface area contributed by atoms with Gasteiger partial charge in [-0.15, -0.1) is 0 Å². The average molecular weight is 279 g/mol. The van der Waals surface area contributed by atoms with Crippen molar-refractivity contribution in [3.05, 3.63) is 0 Å². The van der Waals surface area contributed by atoms with E-state index in [0.29, 0.717) is 10.8 Å². The molecule has 2 rings (SSSR count). The summed E-state index contributed by atoms with van der Waals surface area (Å²) in [7, 11) is 0. The maximum Gasteiger partial charge on any atom is -0.0318 e. The van der Waals surface area contributed by atoms with Crippen LogP contribution in [-0.2, 0) is 0 Å². The van der Waals surface area contributed by atoms with Crippen molar-refractivity contribution >= 4 is 0 Å². The molecule has 2 aliphatic carbocycles. The number of hydrogen-bond donors (Lipinski definition) is 0. The lowest BCUT2D eigenvalue weighted by atomic mass is 9.63. The Morgan fingerprint density at radius 3 is 1.80 bits per heavy atom. The number of rotatable bonds is 1. The second-order valence-electron chi connectivity index (χ2n) is 9.34. The molecule has 0 amide bonds. The first-order valence-corrected chi connectivity index (χ1v) is 9.33. The van der Waals surface area contributed by atoms with Gasteiger partial charge in [0.1, 0.15) is 0 Å². The predicted molar refractivity (Wildman–Crippen MR) is 89.9 cm³/mol. The Morgan fingerprint density at radius 1 is 0.650 bits per heavy atom. The molecule has 0 spiro atoms. The third kappa shape index (κ3) is 3.80. The fourth-order valence-electron chi connectivity index (χ4n) is 5.45. The first kappa shape index (κ1) is 16.4. The molecule has 0 aromatic heterocycles. The molecule has 2 atom stereocenters. The minimum Gasteiger partial charge on any atom is -0.0620 e. The zero-order valence-electron chi connectivity index (χ0n) is 14.8. The monoisotopic (exact) mass is 278 g/mol. The van der Waals surface area contributed by atoms with Gasteiger partial charge in [-0.25, -0.2) is 0 Å². The molecule has 0 heterocycles. The van der Waals surface area contributed by atoms with E-state index in [-0.39, 0.29) is 0 Å². The van der Waals surface area contributed by atoms with Gasteiger partial charge in [0.15, 0.2) is 0 Å². The highest BCUT2D eigenvalue weighted by molar-refractivity contribution is 4.93. The fourth-order valence-corrected chi connectivity index (χ4v) is 5.45. The van der Waals surface area contributed by atoms with Crippen LogP contribution in [0.4, 0.5) is 0 Å². The van der Waals surface area contributed by atoms with Crippen molar-refractivity contribution in [3.63, 3.8) is 0 Å². The molecule has 0 aromatic carbocycles. The van der Waals surface area contributed by atoms with E-state index < -0.39 is 0 Å². The van der Waals surface area contributed by atoms with Crippen LogP contribution in [0.25, 0.3) is 0 Å². The van der Waals surface area contributed by atoms with Crippen LogP contribution >= 0.6 is 0 Å². The van der Waals surface area contributed by atoms with Crippen LogP contribution in [0.3, 0.4) is 0 Å². The van der Waals surface area contributed by atoms with Crippen LogP contribution in [0.1, 0.15) is 98.8 Å². The summed E-state index contributed by atoms with van der Waals surface area (Å²) in [4.78, 5) is 0. The fraction of sp³-hybridized carbons (Fsp3) is 1.00. The molecule has 20 heavy (non-hydrogen) atoms. The summed E-state index contributed by atoms with van der Waals surface area (Å²) in [6, 6.07) is 0. The van der Waals surface area contributed by atoms with Gasteiger partial charge >= 0.3 is 0 Å². The van der Waals surface area contributed by atoms with Crippen molar-refractivity contribution in [2.24, 2.45) is 28.6 Å². The average Bonchev–Trinajstić information content (AvgIpc) is 2.35. The summed E-state index contributed by atoms with van der Waals surface area (Å²) >= 11 is 0. The van der Waals surface area contributed by atoms with Crippen molar-refractivity contribution in [3.8, 4) is 0 Å². The molecule has 2 fully saturated rings.